The van der Waals surface area contributed by atoms with E-state index in [4.69, 9.17) is 21.3 Å². The van der Waals surface area contributed by atoms with E-state index in [0.29, 0.717) is 18.0 Å². The highest BCUT2D eigenvalue weighted by Gasteiger charge is 2.22. The van der Waals surface area contributed by atoms with Gasteiger partial charge in [-0.2, -0.15) is 0 Å². The summed E-state index contributed by atoms with van der Waals surface area (Å²) in [6, 6.07) is 12.0. The molecule has 0 unspecified atom stereocenters. The number of ether oxygens (including phenoxy) is 1. The SMILES string of the molecule is Cc1ccc(C)c(CC(=O)N(CCCN2CCOCC2)c2nc3c(Cl)cccc3s2)c1. The summed E-state index contributed by atoms with van der Waals surface area (Å²) >= 11 is 7.88. The molecule has 0 radical (unpaired) electrons. The molecule has 164 valence electrons. The summed E-state index contributed by atoms with van der Waals surface area (Å²) in [6.07, 6.45) is 1.26. The third kappa shape index (κ3) is 5.44. The molecule has 4 rings (SSSR count). The number of anilines is 1. The lowest BCUT2D eigenvalue weighted by molar-refractivity contribution is -0.118. The monoisotopic (exact) mass is 457 g/mol. The third-order valence-electron chi connectivity index (χ3n) is 5.70. The van der Waals surface area contributed by atoms with Crippen LogP contribution >= 0.6 is 22.9 Å². The van der Waals surface area contributed by atoms with Crippen LogP contribution in [-0.4, -0.2) is 55.2 Å². The van der Waals surface area contributed by atoms with Crippen molar-refractivity contribution in [1.82, 2.24) is 9.88 Å². The van der Waals surface area contributed by atoms with Gasteiger partial charge in [0.1, 0.15) is 5.52 Å². The minimum Gasteiger partial charge on any atom is -0.379 e. The smallest absolute Gasteiger partial charge is 0.233 e. The number of carbonyl (C=O) groups excluding carboxylic acids is 1. The van der Waals surface area contributed by atoms with Gasteiger partial charge in [0.2, 0.25) is 5.91 Å². The average molecular weight is 458 g/mol. The number of morpholine rings is 1. The van der Waals surface area contributed by atoms with Crippen LogP contribution < -0.4 is 4.90 Å². The topological polar surface area (TPSA) is 45.7 Å². The molecule has 1 saturated heterocycles. The number of thiazole rings is 1. The molecule has 0 N–H and O–H groups in total. The molecule has 31 heavy (non-hydrogen) atoms. The Hall–Kier alpha value is -1.99. The van der Waals surface area contributed by atoms with Crippen LogP contribution in [0.3, 0.4) is 0 Å². The number of nitrogens with zero attached hydrogens (tertiary/aromatic N) is 3. The molecular weight excluding hydrogens is 430 g/mol. The Balaban J connectivity index is 1.55. The van der Waals surface area contributed by atoms with E-state index in [0.717, 1.165) is 65.7 Å². The van der Waals surface area contributed by atoms with Crippen LogP contribution in [0.1, 0.15) is 23.1 Å². The van der Waals surface area contributed by atoms with Crippen molar-refractivity contribution in [3.05, 3.63) is 58.1 Å². The third-order valence-corrected chi connectivity index (χ3v) is 7.05. The van der Waals surface area contributed by atoms with Crippen LogP contribution in [0.25, 0.3) is 10.2 Å². The van der Waals surface area contributed by atoms with Crippen molar-refractivity contribution >= 4 is 44.2 Å². The summed E-state index contributed by atoms with van der Waals surface area (Å²) in [5.41, 5.74) is 4.14. The molecule has 3 aromatic rings. The average Bonchev–Trinajstić information content (AvgIpc) is 3.20. The number of carbonyl (C=O) groups is 1. The van der Waals surface area contributed by atoms with Crippen molar-refractivity contribution < 1.29 is 9.53 Å². The Morgan fingerprint density at radius 2 is 2.03 bits per heavy atom. The van der Waals surface area contributed by atoms with E-state index in [1.54, 1.807) is 0 Å². The number of fused-ring (bicyclic) bond motifs is 1. The van der Waals surface area contributed by atoms with Crippen LogP contribution in [0.2, 0.25) is 5.02 Å². The van der Waals surface area contributed by atoms with Crippen LogP contribution in [-0.2, 0) is 16.0 Å². The maximum absolute atomic E-state index is 13.4. The Morgan fingerprint density at radius 1 is 1.23 bits per heavy atom. The normalized spacial score (nSPS) is 14.8. The summed E-state index contributed by atoms with van der Waals surface area (Å²) in [5, 5.41) is 1.34. The number of hydrogen-bond acceptors (Lipinski definition) is 5. The number of hydrogen-bond donors (Lipinski definition) is 0. The molecule has 2 heterocycles. The summed E-state index contributed by atoms with van der Waals surface area (Å²) in [5.74, 6) is 0.0749. The van der Waals surface area contributed by atoms with Crippen molar-refractivity contribution in [1.29, 1.82) is 0 Å². The quantitative estimate of drug-likeness (QED) is 0.508. The van der Waals surface area contributed by atoms with Gasteiger partial charge in [0.15, 0.2) is 5.13 Å². The molecule has 1 aliphatic heterocycles. The van der Waals surface area contributed by atoms with Crippen molar-refractivity contribution in [3.8, 4) is 0 Å². The van der Waals surface area contributed by atoms with Gasteiger partial charge < -0.3 is 4.74 Å². The Morgan fingerprint density at radius 3 is 2.81 bits per heavy atom. The van der Waals surface area contributed by atoms with E-state index in [-0.39, 0.29) is 5.91 Å². The zero-order valence-corrected chi connectivity index (χ0v) is 19.6. The van der Waals surface area contributed by atoms with Gasteiger partial charge in [-0.05, 0) is 43.5 Å². The van der Waals surface area contributed by atoms with E-state index >= 15 is 0 Å². The molecule has 0 aliphatic carbocycles. The van der Waals surface area contributed by atoms with Gasteiger partial charge in [0.25, 0.3) is 0 Å². The Labute approximate surface area is 192 Å². The number of rotatable bonds is 7. The Bertz CT molecular complexity index is 1060. The first kappa shape index (κ1) is 22.2. The lowest BCUT2D eigenvalue weighted by atomic mass is 10.0. The molecule has 5 nitrogen and oxygen atoms in total. The van der Waals surface area contributed by atoms with E-state index in [9.17, 15) is 4.79 Å². The van der Waals surface area contributed by atoms with E-state index < -0.39 is 0 Å². The molecule has 0 bridgehead atoms. The van der Waals surface area contributed by atoms with Crippen molar-refractivity contribution in [3.63, 3.8) is 0 Å². The van der Waals surface area contributed by atoms with E-state index in [1.807, 2.05) is 23.1 Å². The summed E-state index contributed by atoms with van der Waals surface area (Å²) < 4.78 is 6.44. The van der Waals surface area contributed by atoms with Crippen molar-refractivity contribution in [2.75, 3.05) is 44.3 Å². The number of aromatic nitrogens is 1. The highest BCUT2D eigenvalue weighted by atomic mass is 35.5. The molecule has 0 saturated carbocycles. The van der Waals surface area contributed by atoms with Crippen LogP contribution in [0, 0.1) is 13.8 Å². The van der Waals surface area contributed by atoms with Gasteiger partial charge in [-0.15, -0.1) is 0 Å². The first-order chi connectivity index (χ1) is 15.0. The standard InChI is InChI=1S/C24H28ClN3O2S/c1-17-7-8-18(2)19(15-17)16-22(29)28(10-4-9-27-11-13-30-14-12-27)24-26-23-20(25)5-3-6-21(23)31-24/h3,5-8,15H,4,9-14,16H2,1-2H3. The zero-order valence-electron chi connectivity index (χ0n) is 18.1. The maximum atomic E-state index is 13.4. The fourth-order valence-corrected chi connectivity index (χ4v) is 5.18. The lowest BCUT2D eigenvalue weighted by Crippen LogP contribution is -2.39. The number of halogens is 1. The summed E-state index contributed by atoms with van der Waals surface area (Å²) in [6.45, 7) is 9.17. The lowest BCUT2D eigenvalue weighted by Gasteiger charge is -2.27. The molecule has 2 aromatic carbocycles. The van der Waals surface area contributed by atoms with Gasteiger partial charge >= 0.3 is 0 Å². The Kier molecular flexibility index (Phi) is 7.23. The van der Waals surface area contributed by atoms with Crippen LogP contribution in [0.15, 0.2) is 36.4 Å². The second-order valence-corrected chi connectivity index (χ2v) is 9.46. The molecule has 1 amide bonds. The van der Waals surface area contributed by atoms with Gasteiger partial charge in [-0.1, -0.05) is 52.8 Å². The summed E-state index contributed by atoms with van der Waals surface area (Å²) in [4.78, 5) is 22.4. The van der Waals surface area contributed by atoms with Gasteiger partial charge in [0, 0.05) is 26.2 Å². The molecule has 0 spiro atoms. The fourth-order valence-electron chi connectivity index (χ4n) is 3.87. The number of amides is 1. The number of para-hydroxylation sites is 1. The highest BCUT2D eigenvalue weighted by molar-refractivity contribution is 7.22. The van der Waals surface area contributed by atoms with Crippen LogP contribution in [0.4, 0.5) is 5.13 Å². The molecule has 1 aliphatic rings. The minimum atomic E-state index is 0.0749. The highest BCUT2D eigenvalue weighted by Crippen LogP contribution is 2.33. The van der Waals surface area contributed by atoms with Crippen LogP contribution in [0.5, 0.6) is 0 Å². The van der Waals surface area contributed by atoms with Gasteiger partial charge in [0.05, 0.1) is 29.4 Å². The predicted octanol–water partition coefficient (Wildman–Crippen LogP) is 4.86. The second-order valence-electron chi connectivity index (χ2n) is 8.04. The number of benzene rings is 2. The van der Waals surface area contributed by atoms with Crippen molar-refractivity contribution in [2.24, 2.45) is 0 Å². The molecular formula is C24H28ClN3O2S. The van der Waals surface area contributed by atoms with E-state index in [1.165, 1.54) is 16.9 Å². The summed E-state index contributed by atoms with van der Waals surface area (Å²) in [7, 11) is 0. The molecule has 1 aromatic heterocycles. The van der Waals surface area contributed by atoms with Crippen molar-refractivity contribution in [2.45, 2.75) is 26.7 Å². The predicted molar refractivity (Wildman–Crippen MR) is 128 cm³/mol. The molecule has 7 heteroatoms. The second kappa shape index (κ2) is 10.1. The maximum Gasteiger partial charge on any atom is 0.233 e. The first-order valence-corrected chi connectivity index (χ1v) is 11.9. The minimum absolute atomic E-state index is 0.0749. The largest absolute Gasteiger partial charge is 0.379 e. The fraction of sp³-hybridized carbons (Fsp3) is 0.417. The molecule has 0 atom stereocenters. The first-order valence-electron chi connectivity index (χ1n) is 10.7. The van der Waals surface area contributed by atoms with Gasteiger partial charge in [-0.25, -0.2) is 4.98 Å². The van der Waals surface area contributed by atoms with E-state index in [2.05, 4.69) is 36.9 Å². The zero-order chi connectivity index (χ0) is 21.8. The number of aryl methyl sites for hydroxylation is 2. The molecule has 1 fully saturated rings. The van der Waals surface area contributed by atoms with Gasteiger partial charge in [-0.3, -0.25) is 14.6 Å².